The lowest BCUT2D eigenvalue weighted by atomic mass is 9.93. The molecule has 2 aliphatic rings. The molecule has 5 N–H and O–H groups in total. The number of aliphatic hydroxyl groups is 1. The highest BCUT2D eigenvalue weighted by Crippen LogP contribution is 2.45. The molecule has 0 radical (unpaired) electrons. The Morgan fingerprint density at radius 3 is 2.54 bits per heavy atom. The Kier molecular flexibility index (Phi) is 11.2. The minimum absolute atomic E-state index is 0.0610. The van der Waals surface area contributed by atoms with Crippen molar-refractivity contribution in [3.8, 4) is 34.0 Å². The number of rotatable bonds is 14. The molecule has 2 atom stereocenters. The largest absolute Gasteiger partial charge is 0.480 e. The van der Waals surface area contributed by atoms with E-state index in [4.69, 9.17) is 26.1 Å². The zero-order chi connectivity index (χ0) is 37.8. The maximum atomic E-state index is 11.9. The number of fused-ring (bicyclic) bond motifs is 1. The number of pyridine rings is 2. The number of ether oxygens (including phenoxy) is 2. The number of aromatic nitrogens is 2. The van der Waals surface area contributed by atoms with Gasteiger partial charge in [-0.05, 0) is 70.1 Å². The van der Waals surface area contributed by atoms with Gasteiger partial charge >= 0.3 is 5.97 Å². The number of carboxylic acids is 1. The van der Waals surface area contributed by atoms with Crippen molar-refractivity contribution in [1.29, 1.82) is 0 Å². The van der Waals surface area contributed by atoms with Gasteiger partial charge in [0.2, 0.25) is 11.8 Å². The van der Waals surface area contributed by atoms with Crippen LogP contribution in [0.3, 0.4) is 0 Å². The van der Waals surface area contributed by atoms with Crippen LogP contribution in [0.1, 0.15) is 47.3 Å². The van der Waals surface area contributed by atoms with Crippen molar-refractivity contribution in [2.75, 3.05) is 32.1 Å². The molecule has 7 rings (SSSR count). The van der Waals surface area contributed by atoms with E-state index < -0.39 is 18.1 Å². The quantitative estimate of drug-likeness (QED) is 0.0780. The molecule has 1 aliphatic heterocycles. The summed E-state index contributed by atoms with van der Waals surface area (Å²) in [5, 5.41) is 29.5. The number of hydrogen-bond donors (Lipinski definition) is 5. The maximum absolute atomic E-state index is 11.9. The minimum atomic E-state index is -1.56. The number of carbonyl (C=O) groups is 1. The van der Waals surface area contributed by atoms with Crippen LogP contribution in [0.5, 0.6) is 11.8 Å². The lowest BCUT2D eigenvalue weighted by molar-refractivity contribution is -0.145. The molecule has 0 amide bonds. The van der Waals surface area contributed by atoms with Crippen molar-refractivity contribution >= 4 is 45.0 Å². The number of aliphatic imine (C=N–C) groups is 1. The summed E-state index contributed by atoms with van der Waals surface area (Å²) >= 11 is 10.8. The molecule has 13 heteroatoms. The van der Waals surface area contributed by atoms with E-state index in [1.165, 1.54) is 12.5 Å². The number of halogens is 2. The second kappa shape index (κ2) is 16.2. The highest BCUT2D eigenvalue weighted by atomic mass is 79.9. The number of anilines is 1. The Hall–Kier alpha value is -5.01. The first-order chi connectivity index (χ1) is 26.2. The third-order valence-electron chi connectivity index (χ3n) is 9.80. The zero-order valence-corrected chi connectivity index (χ0v) is 32.2. The van der Waals surface area contributed by atoms with E-state index in [1.54, 1.807) is 18.5 Å². The van der Waals surface area contributed by atoms with Gasteiger partial charge in [0.15, 0.2) is 0 Å². The summed E-state index contributed by atoms with van der Waals surface area (Å²) in [6.45, 7) is 2.69. The standard InChI is InChI=1S/C41H40BrClN6O5/c1-41(23-50,40(51)52)48-20-27-18-34(42)39(49-38(27)53-22-24-17-28(44-2)21-45-19-24)54-35-14-13-31-30(6-4-7-32(31)35)33-8-3-5-29(36(33)43)25-9-11-26(12-10-25)37-46-15-16-47-37/h3-12,17-19,21,35,44,48,50H,13-16,20,22-23H2,1-2H3,(H,46,47)(H,51,52)/t35-,41-/m0/s1. The number of amidine groups is 1. The molecular weight excluding hydrogens is 772 g/mol. The molecule has 5 aromatic rings. The third kappa shape index (κ3) is 7.78. The van der Waals surface area contributed by atoms with E-state index in [2.05, 4.69) is 84.3 Å². The summed E-state index contributed by atoms with van der Waals surface area (Å²) in [4.78, 5) is 25.5. The van der Waals surface area contributed by atoms with Gasteiger partial charge in [-0.2, -0.15) is 4.98 Å². The van der Waals surface area contributed by atoms with Crippen LogP contribution < -0.4 is 25.4 Å². The number of nitrogens with zero attached hydrogens (tertiary/aromatic N) is 3. The highest BCUT2D eigenvalue weighted by Gasteiger charge is 2.33. The highest BCUT2D eigenvalue weighted by molar-refractivity contribution is 9.10. The molecule has 0 bridgehead atoms. The maximum Gasteiger partial charge on any atom is 0.326 e. The first kappa shape index (κ1) is 37.3. The second-order valence-electron chi connectivity index (χ2n) is 13.4. The van der Waals surface area contributed by atoms with Gasteiger partial charge in [-0.3, -0.25) is 20.1 Å². The fourth-order valence-corrected chi connectivity index (χ4v) is 7.46. The molecular formula is C41H40BrClN6O5. The van der Waals surface area contributed by atoms with Gasteiger partial charge in [0.05, 0.1) is 28.3 Å². The van der Waals surface area contributed by atoms with Crippen LogP contribution in [0.2, 0.25) is 5.02 Å². The molecule has 11 nitrogen and oxygen atoms in total. The molecule has 0 saturated carbocycles. The van der Waals surface area contributed by atoms with Gasteiger partial charge in [-0.1, -0.05) is 72.3 Å². The Morgan fingerprint density at radius 2 is 1.80 bits per heavy atom. The number of carboxylic acid groups (broad SMARTS) is 1. The van der Waals surface area contributed by atoms with E-state index in [-0.39, 0.29) is 25.1 Å². The van der Waals surface area contributed by atoms with Crippen molar-refractivity contribution in [2.45, 2.75) is 44.6 Å². The van der Waals surface area contributed by atoms with Gasteiger partial charge in [0, 0.05) is 60.3 Å². The van der Waals surface area contributed by atoms with E-state index >= 15 is 0 Å². The Labute approximate surface area is 327 Å². The predicted octanol–water partition coefficient (Wildman–Crippen LogP) is 7.19. The Balaban J connectivity index is 1.16. The molecule has 2 aromatic heterocycles. The summed E-state index contributed by atoms with van der Waals surface area (Å²) in [6, 6.07) is 24.4. The topological polar surface area (TPSA) is 150 Å². The third-order valence-corrected chi connectivity index (χ3v) is 10.8. The fraction of sp³-hybridized carbons (Fsp3) is 0.268. The number of nitrogens with one attached hydrogen (secondary N) is 3. The van der Waals surface area contributed by atoms with Gasteiger partial charge in [0.25, 0.3) is 0 Å². The van der Waals surface area contributed by atoms with Crippen LogP contribution in [0.15, 0.2) is 94.7 Å². The number of benzene rings is 3. The second-order valence-corrected chi connectivity index (χ2v) is 14.7. The van der Waals surface area contributed by atoms with E-state index in [1.807, 2.05) is 31.3 Å². The van der Waals surface area contributed by atoms with E-state index in [0.717, 1.165) is 76.4 Å². The monoisotopic (exact) mass is 810 g/mol. The summed E-state index contributed by atoms with van der Waals surface area (Å²) in [6.07, 6.45) is 4.64. The summed E-state index contributed by atoms with van der Waals surface area (Å²) in [7, 11) is 1.81. The Morgan fingerprint density at radius 1 is 1.04 bits per heavy atom. The predicted molar refractivity (Wildman–Crippen MR) is 213 cm³/mol. The number of hydrogen-bond acceptors (Lipinski definition) is 10. The van der Waals surface area contributed by atoms with Gasteiger partial charge in [0.1, 0.15) is 24.1 Å². The lowest BCUT2D eigenvalue weighted by Gasteiger charge is -2.24. The normalized spacial score (nSPS) is 15.9. The molecule has 3 aromatic carbocycles. The molecule has 0 unspecified atom stereocenters. The number of aliphatic hydroxyl groups excluding tert-OH is 1. The Bertz CT molecular complexity index is 2220. The average Bonchev–Trinajstić information content (AvgIpc) is 3.89. The van der Waals surface area contributed by atoms with Crippen molar-refractivity contribution < 1.29 is 24.5 Å². The summed E-state index contributed by atoms with van der Waals surface area (Å²) in [5.74, 6) is 0.344. The van der Waals surface area contributed by atoms with Crippen LogP contribution in [0.25, 0.3) is 22.3 Å². The van der Waals surface area contributed by atoms with Crippen LogP contribution in [0, 0.1) is 0 Å². The van der Waals surface area contributed by atoms with Crippen molar-refractivity contribution in [2.24, 2.45) is 4.99 Å². The molecule has 54 heavy (non-hydrogen) atoms. The molecule has 278 valence electrons. The van der Waals surface area contributed by atoms with Crippen molar-refractivity contribution in [3.05, 3.63) is 123 Å². The molecule has 3 heterocycles. The lowest BCUT2D eigenvalue weighted by Crippen LogP contribution is -2.52. The van der Waals surface area contributed by atoms with E-state index in [9.17, 15) is 15.0 Å². The number of aliphatic carboxylic acids is 1. The zero-order valence-electron chi connectivity index (χ0n) is 29.8. The molecule has 0 saturated heterocycles. The van der Waals surface area contributed by atoms with Crippen LogP contribution in [-0.2, 0) is 24.4 Å². The summed E-state index contributed by atoms with van der Waals surface area (Å²) in [5.41, 5.74) is 7.94. The first-order valence-electron chi connectivity index (χ1n) is 17.7. The van der Waals surface area contributed by atoms with Crippen LogP contribution in [-0.4, -0.2) is 64.3 Å². The first-order valence-corrected chi connectivity index (χ1v) is 18.8. The van der Waals surface area contributed by atoms with Gasteiger partial charge in [-0.25, -0.2) is 0 Å². The minimum Gasteiger partial charge on any atom is -0.480 e. The van der Waals surface area contributed by atoms with E-state index in [0.29, 0.717) is 20.9 Å². The van der Waals surface area contributed by atoms with Gasteiger partial charge < -0.3 is 30.3 Å². The smallest absolute Gasteiger partial charge is 0.326 e. The molecule has 0 fully saturated rings. The summed E-state index contributed by atoms with van der Waals surface area (Å²) < 4.78 is 13.4. The average molecular weight is 812 g/mol. The van der Waals surface area contributed by atoms with Gasteiger partial charge in [-0.15, -0.1) is 0 Å². The molecule has 1 aliphatic carbocycles. The fourth-order valence-electron chi connectivity index (χ4n) is 6.66. The van der Waals surface area contributed by atoms with Crippen LogP contribution in [0.4, 0.5) is 5.69 Å². The molecule has 0 spiro atoms. The van der Waals surface area contributed by atoms with Crippen molar-refractivity contribution in [1.82, 2.24) is 20.6 Å². The SMILES string of the molecule is CNc1cncc(COc2nc(O[C@H]3CCc4c(-c5cccc(-c6ccc(C7=NCCN7)cc6)c5Cl)cccc43)c(Br)cc2CN[C@@](C)(CO)C(=O)O)c1. The van der Waals surface area contributed by atoms with Crippen molar-refractivity contribution in [3.63, 3.8) is 0 Å². The van der Waals surface area contributed by atoms with Crippen LogP contribution >= 0.6 is 27.5 Å².